The van der Waals surface area contributed by atoms with Gasteiger partial charge in [-0.3, -0.25) is 14.6 Å². The highest BCUT2D eigenvalue weighted by molar-refractivity contribution is 5.91. The van der Waals surface area contributed by atoms with Crippen molar-refractivity contribution in [2.24, 2.45) is 10.8 Å². The summed E-state index contributed by atoms with van der Waals surface area (Å²) in [5, 5.41) is 49.0. The molecular weight excluding hydrogens is 304 g/mol. The number of quaternary nitrogens is 2. The summed E-state index contributed by atoms with van der Waals surface area (Å²) in [6.07, 6.45) is -6.24. The molecule has 0 aliphatic carbocycles. The average Bonchev–Trinajstić information content (AvgIpc) is 2.48. The second-order valence-corrected chi connectivity index (χ2v) is 8.17. The molecule has 0 unspecified atom stereocenters. The van der Waals surface area contributed by atoms with Crippen LogP contribution >= 0.6 is 0 Å². The van der Waals surface area contributed by atoms with E-state index in [0.29, 0.717) is 32.0 Å². The van der Waals surface area contributed by atoms with Crippen molar-refractivity contribution < 1.29 is 40.1 Å². The quantitative estimate of drug-likeness (QED) is 0.269. The average molecular weight is 332 g/mol. The summed E-state index contributed by atoms with van der Waals surface area (Å²) in [7, 11) is 0. The van der Waals surface area contributed by atoms with Gasteiger partial charge in [0.1, 0.15) is 29.1 Å². The Balaban J connectivity index is 1.80. The molecule has 0 aromatic rings. The fourth-order valence-electron chi connectivity index (χ4n) is 5.25. The van der Waals surface area contributed by atoms with E-state index < -0.39 is 41.9 Å². The summed E-state index contributed by atoms with van der Waals surface area (Å²) < 4.78 is 0. The van der Waals surface area contributed by atoms with Gasteiger partial charge in [-0.2, -0.15) is 0 Å². The second-order valence-electron chi connectivity index (χ2n) is 8.17. The molecule has 4 aliphatic heterocycles. The molecule has 4 saturated heterocycles. The monoisotopic (exact) mass is 332 g/mol. The SMILES string of the molecule is CC12C[NH+]3CC(C)(C[NH+](C1)C3[C@@H](O)[C@@H](O)[C@H](O)[C@H](O)CO)C2=O. The van der Waals surface area contributed by atoms with Crippen molar-refractivity contribution in [2.45, 2.75) is 44.4 Å². The normalized spacial score (nSPS) is 47.4. The molecule has 4 heterocycles. The third kappa shape index (κ3) is 2.44. The zero-order valence-electron chi connectivity index (χ0n) is 13.6. The predicted molar refractivity (Wildman–Crippen MR) is 77.5 cm³/mol. The Hall–Kier alpha value is -0.610. The summed E-state index contributed by atoms with van der Waals surface area (Å²) in [4.78, 5) is 14.7. The van der Waals surface area contributed by atoms with Crippen molar-refractivity contribution in [3.05, 3.63) is 0 Å². The van der Waals surface area contributed by atoms with E-state index >= 15 is 0 Å². The van der Waals surface area contributed by atoms with E-state index in [4.69, 9.17) is 5.11 Å². The second kappa shape index (κ2) is 5.45. The first-order valence-corrected chi connectivity index (χ1v) is 8.20. The highest BCUT2D eigenvalue weighted by Crippen LogP contribution is 2.34. The minimum atomic E-state index is -1.61. The van der Waals surface area contributed by atoms with Crippen LogP contribution in [-0.4, -0.2) is 94.7 Å². The number of ketones is 1. The summed E-state index contributed by atoms with van der Waals surface area (Å²) in [6, 6.07) is 0. The molecule has 0 saturated carbocycles. The minimum Gasteiger partial charge on any atom is -0.394 e. The maximum atomic E-state index is 12.6. The topological polar surface area (TPSA) is 127 Å². The molecule has 4 bridgehead atoms. The minimum absolute atomic E-state index is 0.293. The lowest BCUT2D eigenvalue weighted by Gasteiger charge is -2.59. The van der Waals surface area contributed by atoms with Crippen molar-refractivity contribution in [1.82, 2.24) is 0 Å². The number of hydrogen-bond donors (Lipinski definition) is 7. The van der Waals surface area contributed by atoms with E-state index in [0.717, 1.165) is 9.80 Å². The first kappa shape index (κ1) is 17.2. The van der Waals surface area contributed by atoms with E-state index in [9.17, 15) is 25.2 Å². The summed E-state index contributed by atoms with van der Waals surface area (Å²) in [5.41, 5.74) is -0.805. The van der Waals surface area contributed by atoms with Gasteiger partial charge in [0.25, 0.3) is 0 Å². The van der Waals surface area contributed by atoms with E-state index in [1.165, 1.54) is 0 Å². The largest absolute Gasteiger partial charge is 0.394 e. The lowest BCUT2D eigenvalue weighted by Crippen LogP contribution is -3.46. The Labute approximate surface area is 134 Å². The van der Waals surface area contributed by atoms with Gasteiger partial charge in [-0.05, 0) is 13.8 Å². The van der Waals surface area contributed by atoms with Crippen molar-refractivity contribution in [1.29, 1.82) is 0 Å². The number of carbonyl (C=O) groups is 1. The van der Waals surface area contributed by atoms with Gasteiger partial charge in [0, 0.05) is 0 Å². The van der Waals surface area contributed by atoms with Crippen LogP contribution in [0.4, 0.5) is 0 Å². The fraction of sp³-hybridized carbons (Fsp3) is 0.933. The lowest BCUT2D eigenvalue weighted by atomic mass is 9.61. The van der Waals surface area contributed by atoms with Gasteiger partial charge in [0.2, 0.25) is 6.17 Å². The Morgan fingerprint density at radius 3 is 1.83 bits per heavy atom. The highest BCUT2D eigenvalue weighted by atomic mass is 16.4. The van der Waals surface area contributed by atoms with Crippen LogP contribution < -0.4 is 9.80 Å². The van der Waals surface area contributed by atoms with Gasteiger partial charge < -0.3 is 25.5 Å². The molecule has 4 fully saturated rings. The van der Waals surface area contributed by atoms with Crippen LogP contribution in [0.15, 0.2) is 0 Å². The number of Topliss-reactive ketones (excluding diaryl/α,β-unsaturated/α-hetero) is 1. The third-order valence-electron chi connectivity index (χ3n) is 6.07. The molecule has 0 aromatic carbocycles. The summed E-state index contributed by atoms with van der Waals surface area (Å²) in [5.74, 6) is 0.293. The number of carbonyl (C=O) groups excluding carboxylic acids is 1. The van der Waals surface area contributed by atoms with Gasteiger partial charge in [0.15, 0.2) is 11.9 Å². The van der Waals surface area contributed by atoms with Crippen LogP contribution in [0, 0.1) is 10.8 Å². The van der Waals surface area contributed by atoms with Crippen molar-refractivity contribution in [3.63, 3.8) is 0 Å². The van der Waals surface area contributed by atoms with Crippen LogP contribution in [0.5, 0.6) is 0 Å². The van der Waals surface area contributed by atoms with E-state index in [1.807, 2.05) is 13.8 Å². The lowest BCUT2D eigenvalue weighted by molar-refractivity contribution is -1.17. The zero-order valence-corrected chi connectivity index (χ0v) is 13.6. The molecule has 0 aromatic heterocycles. The van der Waals surface area contributed by atoms with Crippen molar-refractivity contribution >= 4 is 5.78 Å². The van der Waals surface area contributed by atoms with Crippen LogP contribution in [-0.2, 0) is 4.79 Å². The summed E-state index contributed by atoms with van der Waals surface area (Å²) >= 11 is 0. The van der Waals surface area contributed by atoms with Gasteiger partial charge >= 0.3 is 0 Å². The fourth-order valence-corrected chi connectivity index (χ4v) is 5.25. The molecule has 4 aliphatic rings. The van der Waals surface area contributed by atoms with Gasteiger partial charge in [-0.1, -0.05) is 0 Å². The number of piperidine rings is 2. The first-order valence-electron chi connectivity index (χ1n) is 8.20. The highest BCUT2D eigenvalue weighted by Gasteiger charge is 2.69. The molecule has 7 N–H and O–H groups in total. The molecule has 0 radical (unpaired) electrons. The van der Waals surface area contributed by atoms with E-state index in [2.05, 4.69) is 0 Å². The summed E-state index contributed by atoms with van der Waals surface area (Å²) in [6.45, 7) is 5.68. The van der Waals surface area contributed by atoms with Crippen LogP contribution in [0.25, 0.3) is 0 Å². The van der Waals surface area contributed by atoms with Gasteiger partial charge in [-0.15, -0.1) is 0 Å². The standard InChI is InChI=1S/C15H26N2O6/c1-14-4-16-6-15(2,13(14)23)7-17(5-14)12(16)11(22)10(21)9(20)8(19)3-18/h8-12,18-22H,3-7H2,1-2H3/p+2/t8-,9-,10+,11+,12?,14?,15?/m1/s1. The number of rotatable bonds is 5. The maximum Gasteiger partial charge on any atom is 0.242 e. The number of aliphatic hydroxyl groups excluding tert-OH is 5. The smallest absolute Gasteiger partial charge is 0.242 e. The van der Waals surface area contributed by atoms with Gasteiger partial charge in [0.05, 0.1) is 32.8 Å². The van der Waals surface area contributed by atoms with E-state index in [-0.39, 0.29) is 6.17 Å². The van der Waals surface area contributed by atoms with Crippen LogP contribution in [0.1, 0.15) is 13.8 Å². The molecule has 4 atom stereocenters. The number of hydrogen-bond acceptors (Lipinski definition) is 6. The Morgan fingerprint density at radius 2 is 1.43 bits per heavy atom. The molecule has 8 nitrogen and oxygen atoms in total. The molecule has 23 heavy (non-hydrogen) atoms. The van der Waals surface area contributed by atoms with Crippen LogP contribution in [0.3, 0.4) is 0 Å². The number of aliphatic hydroxyl groups is 5. The predicted octanol–water partition coefficient (Wildman–Crippen LogP) is -5.86. The molecule has 132 valence electrons. The van der Waals surface area contributed by atoms with Crippen molar-refractivity contribution in [2.75, 3.05) is 32.8 Å². The molecule has 0 spiro atoms. The zero-order chi connectivity index (χ0) is 17.2. The number of nitrogens with one attached hydrogen (secondary N) is 2. The molecule has 0 amide bonds. The molecular formula is C15H28N2O6+2. The third-order valence-corrected chi connectivity index (χ3v) is 6.07. The maximum absolute atomic E-state index is 12.6. The Bertz CT molecular complexity index is 460. The molecule has 4 rings (SSSR count). The molecule has 8 heteroatoms. The first-order chi connectivity index (χ1) is 10.6. The Morgan fingerprint density at radius 1 is 1.00 bits per heavy atom. The van der Waals surface area contributed by atoms with E-state index in [1.54, 1.807) is 0 Å². The Kier molecular flexibility index (Phi) is 4.08. The van der Waals surface area contributed by atoms with Gasteiger partial charge in [-0.25, -0.2) is 0 Å². The van der Waals surface area contributed by atoms with Crippen LogP contribution in [0.2, 0.25) is 0 Å². The van der Waals surface area contributed by atoms with Crippen molar-refractivity contribution in [3.8, 4) is 0 Å².